The van der Waals surface area contributed by atoms with Crippen LogP contribution in [-0.2, 0) is 11.2 Å². The number of thiophene rings is 1. The molecule has 202 valence electrons. The van der Waals surface area contributed by atoms with Gasteiger partial charge in [0.2, 0.25) is 0 Å². The summed E-state index contributed by atoms with van der Waals surface area (Å²) >= 11 is 1.58. The van der Waals surface area contributed by atoms with E-state index in [1.165, 1.54) is 18.4 Å². The van der Waals surface area contributed by atoms with Crippen molar-refractivity contribution in [2.75, 3.05) is 36.1 Å². The molecule has 2 aliphatic heterocycles. The molecule has 6 nitrogen and oxygen atoms in total. The quantitative estimate of drug-likeness (QED) is 0.255. The fourth-order valence-corrected chi connectivity index (χ4v) is 6.99. The van der Waals surface area contributed by atoms with Crippen molar-refractivity contribution in [1.29, 1.82) is 0 Å². The lowest BCUT2D eigenvalue weighted by molar-refractivity contribution is 0.0935. The summed E-state index contributed by atoms with van der Waals surface area (Å²) in [6.45, 7) is 2.44. The molecule has 4 aromatic rings. The van der Waals surface area contributed by atoms with Crippen LogP contribution in [0.15, 0.2) is 78.9 Å². The Labute approximate surface area is 238 Å². The number of Topliss-reactive ketones (excluding diaryl/α,β-unsaturated/α-hetero) is 1. The summed E-state index contributed by atoms with van der Waals surface area (Å²) in [5.74, 6) is 1.49. The maximum atomic E-state index is 14.0. The van der Waals surface area contributed by atoms with Crippen molar-refractivity contribution in [2.45, 2.75) is 31.7 Å². The number of para-hydroxylation sites is 1. The van der Waals surface area contributed by atoms with Crippen LogP contribution in [0.5, 0.6) is 0 Å². The standard InChI is InChI=1S/C33H31N3O3S/c37-29(19-22-13-14-22)30-20-24-15-16-36(27-11-5-4-9-25(27)32(24)40-30)33(38)26-10-6-12-31(34-26)35-17-18-39-21-28(35)23-7-2-1-3-8-23/h1-12,20,22,28H,13-19,21H2/t28-/m1/s1. The van der Waals surface area contributed by atoms with Crippen molar-refractivity contribution >= 4 is 34.5 Å². The fourth-order valence-electron chi connectivity index (χ4n) is 5.80. The largest absolute Gasteiger partial charge is 0.377 e. The lowest BCUT2D eigenvalue weighted by Crippen LogP contribution is -2.40. The van der Waals surface area contributed by atoms with Crippen LogP contribution >= 0.6 is 11.3 Å². The van der Waals surface area contributed by atoms with Gasteiger partial charge in [-0.15, -0.1) is 11.3 Å². The summed E-state index contributed by atoms with van der Waals surface area (Å²) in [5.41, 5.74) is 4.62. The Bertz CT molecular complexity index is 1560. The van der Waals surface area contributed by atoms with E-state index in [-0.39, 0.29) is 17.7 Å². The Morgan fingerprint density at radius 2 is 1.77 bits per heavy atom. The average molecular weight is 550 g/mol. The number of rotatable bonds is 6. The van der Waals surface area contributed by atoms with Crippen molar-refractivity contribution in [3.63, 3.8) is 0 Å². The maximum Gasteiger partial charge on any atom is 0.276 e. The Balaban J connectivity index is 1.18. The molecule has 0 radical (unpaired) electrons. The number of hydrogen-bond donors (Lipinski definition) is 0. The van der Waals surface area contributed by atoms with Crippen molar-refractivity contribution < 1.29 is 14.3 Å². The minimum absolute atomic E-state index is 0.0412. The SMILES string of the molecule is O=C(CC1CC1)c1cc2c(s1)-c1ccccc1N(C(=O)c1cccc(N3CCOC[C@@H]3c3ccccc3)n1)CC2. The molecule has 1 amide bonds. The number of carbonyl (C=O) groups excluding carboxylic acids is 2. The predicted molar refractivity (Wildman–Crippen MR) is 158 cm³/mol. The number of benzene rings is 2. The molecule has 3 aliphatic rings. The van der Waals surface area contributed by atoms with Gasteiger partial charge in [-0.2, -0.15) is 0 Å². The van der Waals surface area contributed by atoms with Crippen LogP contribution in [0, 0.1) is 5.92 Å². The van der Waals surface area contributed by atoms with Gasteiger partial charge in [0.25, 0.3) is 5.91 Å². The highest BCUT2D eigenvalue weighted by molar-refractivity contribution is 7.17. The van der Waals surface area contributed by atoms with Crippen LogP contribution < -0.4 is 9.80 Å². The highest BCUT2D eigenvalue weighted by Gasteiger charge is 2.31. The van der Waals surface area contributed by atoms with Gasteiger partial charge in [-0.1, -0.05) is 54.6 Å². The molecule has 0 unspecified atom stereocenters. The van der Waals surface area contributed by atoms with Gasteiger partial charge in [0.1, 0.15) is 11.5 Å². The number of aromatic nitrogens is 1. The van der Waals surface area contributed by atoms with Gasteiger partial charge in [0.15, 0.2) is 5.78 Å². The summed E-state index contributed by atoms with van der Waals surface area (Å²) in [6.07, 6.45) is 3.69. The summed E-state index contributed by atoms with van der Waals surface area (Å²) in [5, 5.41) is 0. The Kier molecular flexibility index (Phi) is 6.69. The van der Waals surface area contributed by atoms with E-state index in [4.69, 9.17) is 9.72 Å². The van der Waals surface area contributed by atoms with E-state index >= 15 is 0 Å². The van der Waals surface area contributed by atoms with Gasteiger partial charge >= 0.3 is 0 Å². The molecular formula is C33H31N3O3S. The number of morpholine rings is 1. The number of amides is 1. The number of ether oxygens (including phenoxy) is 1. The van der Waals surface area contributed by atoms with Crippen LogP contribution in [0.3, 0.4) is 0 Å². The molecule has 1 saturated heterocycles. The molecule has 4 heterocycles. The molecule has 2 fully saturated rings. The fraction of sp³-hybridized carbons (Fsp3) is 0.303. The smallest absolute Gasteiger partial charge is 0.276 e. The second-order valence-corrected chi connectivity index (χ2v) is 11.9. The Hall–Kier alpha value is -3.81. The lowest BCUT2D eigenvalue weighted by atomic mass is 10.0. The molecule has 0 bridgehead atoms. The van der Waals surface area contributed by atoms with Crippen molar-refractivity contribution in [1.82, 2.24) is 4.98 Å². The van der Waals surface area contributed by atoms with Gasteiger partial charge in [-0.05, 0) is 60.6 Å². The molecule has 7 rings (SSSR count). The van der Waals surface area contributed by atoms with Crippen molar-refractivity contribution in [3.8, 4) is 10.4 Å². The van der Waals surface area contributed by atoms with Gasteiger partial charge in [-0.3, -0.25) is 9.59 Å². The van der Waals surface area contributed by atoms with E-state index in [1.807, 2.05) is 59.5 Å². The number of carbonyl (C=O) groups is 2. The summed E-state index contributed by atoms with van der Waals surface area (Å²) in [7, 11) is 0. The molecule has 0 spiro atoms. The maximum absolute atomic E-state index is 14.0. The van der Waals surface area contributed by atoms with Crippen LogP contribution in [0.1, 0.15) is 56.6 Å². The normalized spacial score (nSPS) is 18.6. The molecule has 1 atom stereocenters. The van der Waals surface area contributed by atoms with E-state index in [0.717, 1.165) is 32.4 Å². The number of anilines is 2. The van der Waals surface area contributed by atoms with E-state index < -0.39 is 0 Å². The molecule has 2 aromatic carbocycles. The van der Waals surface area contributed by atoms with Crippen LogP contribution in [-0.4, -0.2) is 43.0 Å². The molecule has 1 saturated carbocycles. The molecular weight excluding hydrogens is 518 g/mol. The van der Waals surface area contributed by atoms with E-state index in [1.54, 1.807) is 11.3 Å². The summed E-state index contributed by atoms with van der Waals surface area (Å²) in [4.78, 5) is 37.9. The van der Waals surface area contributed by atoms with Gasteiger partial charge in [0, 0.05) is 30.0 Å². The number of nitrogens with zero attached hydrogens (tertiary/aromatic N) is 3. The summed E-state index contributed by atoms with van der Waals surface area (Å²) in [6, 6.07) is 26.2. The van der Waals surface area contributed by atoms with Crippen LogP contribution in [0.25, 0.3) is 10.4 Å². The topological polar surface area (TPSA) is 62.7 Å². The zero-order valence-electron chi connectivity index (χ0n) is 22.3. The predicted octanol–water partition coefficient (Wildman–Crippen LogP) is 6.57. The minimum atomic E-state index is -0.112. The van der Waals surface area contributed by atoms with E-state index in [2.05, 4.69) is 29.2 Å². The third-order valence-corrected chi connectivity index (χ3v) is 9.36. The first-order chi connectivity index (χ1) is 19.7. The molecule has 7 heteroatoms. The van der Waals surface area contributed by atoms with Crippen LogP contribution in [0.4, 0.5) is 11.5 Å². The Morgan fingerprint density at radius 3 is 2.62 bits per heavy atom. The van der Waals surface area contributed by atoms with Gasteiger partial charge < -0.3 is 14.5 Å². The van der Waals surface area contributed by atoms with Crippen molar-refractivity contribution in [3.05, 3.63) is 101 Å². The van der Waals surface area contributed by atoms with Crippen molar-refractivity contribution in [2.24, 2.45) is 5.92 Å². The lowest BCUT2D eigenvalue weighted by Gasteiger charge is -2.37. The van der Waals surface area contributed by atoms with E-state index in [9.17, 15) is 9.59 Å². The number of fused-ring (bicyclic) bond motifs is 3. The first-order valence-electron chi connectivity index (χ1n) is 14.1. The summed E-state index contributed by atoms with van der Waals surface area (Å²) < 4.78 is 5.82. The number of pyridine rings is 1. The first kappa shape index (κ1) is 25.2. The first-order valence-corrected chi connectivity index (χ1v) is 14.9. The zero-order valence-corrected chi connectivity index (χ0v) is 23.1. The van der Waals surface area contributed by atoms with Gasteiger partial charge in [0.05, 0.1) is 29.8 Å². The molecule has 0 N–H and O–H groups in total. The zero-order chi connectivity index (χ0) is 27.1. The van der Waals surface area contributed by atoms with E-state index in [0.29, 0.717) is 50.8 Å². The third kappa shape index (κ3) is 4.84. The van der Waals surface area contributed by atoms with Crippen LogP contribution in [0.2, 0.25) is 0 Å². The average Bonchev–Trinajstić information content (AvgIpc) is 3.75. The number of hydrogen-bond acceptors (Lipinski definition) is 6. The Morgan fingerprint density at radius 1 is 0.950 bits per heavy atom. The molecule has 40 heavy (non-hydrogen) atoms. The minimum Gasteiger partial charge on any atom is -0.377 e. The molecule has 2 aromatic heterocycles. The second kappa shape index (κ2) is 10.6. The highest BCUT2D eigenvalue weighted by Crippen LogP contribution is 2.43. The number of ketones is 1. The monoisotopic (exact) mass is 549 g/mol. The molecule has 1 aliphatic carbocycles. The highest BCUT2D eigenvalue weighted by atomic mass is 32.1. The second-order valence-electron chi connectivity index (χ2n) is 10.8. The van der Waals surface area contributed by atoms with Gasteiger partial charge in [-0.25, -0.2) is 4.98 Å². The third-order valence-electron chi connectivity index (χ3n) is 8.10.